The average Bonchev–Trinajstić information content (AvgIpc) is 3.41. The molecule has 138 valence electrons. The second kappa shape index (κ2) is 8.81. The van der Waals surface area contributed by atoms with Gasteiger partial charge >= 0.3 is 0 Å². The highest BCUT2D eigenvalue weighted by Crippen LogP contribution is 2.37. The fourth-order valence-corrected chi connectivity index (χ4v) is 2.98. The van der Waals surface area contributed by atoms with Gasteiger partial charge in [-0.25, -0.2) is 0 Å². The van der Waals surface area contributed by atoms with E-state index in [2.05, 4.69) is 24.1 Å². The molecule has 0 bridgehead atoms. The van der Waals surface area contributed by atoms with Gasteiger partial charge in [-0.15, -0.1) is 0 Å². The molecule has 0 heterocycles. The van der Waals surface area contributed by atoms with Crippen LogP contribution in [0.3, 0.4) is 0 Å². The molecule has 25 heavy (non-hydrogen) atoms. The monoisotopic (exact) mass is 367 g/mol. The first-order valence-corrected chi connectivity index (χ1v) is 9.18. The van der Waals surface area contributed by atoms with Gasteiger partial charge in [0.05, 0.1) is 17.2 Å². The lowest BCUT2D eigenvalue weighted by atomic mass is 9.89. The van der Waals surface area contributed by atoms with E-state index in [4.69, 9.17) is 21.6 Å². The largest absolute Gasteiger partial charge is 0.361 e. The number of hydrogen-bond acceptors (Lipinski definition) is 5. The number of ether oxygens (including phenoxy) is 1. The normalized spacial score (nSPS) is 26.0. The summed E-state index contributed by atoms with van der Waals surface area (Å²) in [5.41, 5.74) is 0.172. The van der Waals surface area contributed by atoms with Gasteiger partial charge in [-0.3, -0.25) is 4.79 Å². The molecule has 2 N–H and O–H groups in total. The van der Waals surface area contributed by atoms with Crippen LogP contribution >= 0.6 is 11.6 Å². The Morgan fingerprint density at radius 3 is 2.76 bits per heavy atom. The Kier molecular flexibility index (Phi) is 7.03. The molecule has 1 fully saturated rings. The number of nitrogens with zero attached hydrogens (tertiary/aromatic N) is 2. The summed E-state index contributed by atoms with van der Waals surface area (Å²) in [6.45, 7) is 7.48. The molecule has 1 amide bonds. The van der Waals surface area contributed by atoms with Gasteiger partial charge in [-0.2, -0.15) is 5.26 Å². The summed E-state index contributed by atoms with van der Waals surface area (Å²) in [7, 11) is 0. The van der Waals surface area contributed by atoms with Crippen molar-refractivity contribution in [3.8, 4) is 6.07 Å². The van der Waals surface area contributed by atoms with Crippen LogP contribution in [-0.4, -0.2) is 54.5 Å². The molecule has 0 aromatic carbocycles. The minimum atomic E-state index is -1.82. The first-order chi connectivity index (χ1) is 11.9. The van der Waals surface area contributed by atoms with E-state index in [1.807, 2.05) is 6.07 Å². The molecule has 2 aliphatic carbocycles. The van der Waals surface area contributed by atoms with E-state index in [1.54, 1.807) is 0 Å². The Morgan fingerprint density at radius 1 is 1.52 bits per heavy atom. The molecular formula is C18H26ClN3O3. The second-order valence-corrected chi connectivity index (χ2v) is 6.89. The van der Waals surface area contributed by atoms with Crippen LogP contribution in [0, 0.1) is 23.2 Å². The topological polar surface area (TPSA) is 85.6 Å². The van der Waals surface area contributed by atoms with Crippen LogP contribution in [0.25, 0.3) is 0 Å². The summed E-state index contributed by atoms with van der Waals surface area (Å²) in [4.78, 5) is 14.8. The first kappa shape index (κ1) is 19.9. The Bertz CT molecular complexity index is 591. The van der Waals surface area contributed by atoms with Crippen molar-refractivity contribution in [3.05, 3.63) is 22.8 Å². The van der Waals surface area contributed by atoms with Crippen molar-refractivity contribution >= 4 is 17.5 Å². The van der Waals surface area contributed by atoms with Gasteiger partial charge in [0.1, 0.15) is 12.0 Å². The van der Waals surface area contributed by atoms with Crippen LogP contribution in [-0.2, 0) is 9.53 Å². The zero-order chi connectivity index (χ0) is 18.4. The number of carbonyl (C=O) groups excluding carboxylic acids is 1. The molecule has 0 aromatic heterocycles. The Hall–Kier alpha value is -1.39. The van der Waals surface area contributed by atoms with Crippen molar-refractivity contribution in [3.63, 3.8) is 0 Å². The number of amides is 1. The summed E-state index contributed by atoms with van der Waals surface area (Å²) in [5, 5.41) is 22.9. The number of carbonyl (C=O) groups is 1. The predicted molar refractivity (Wildman–Crippen MR) is 95.5 cm³/mol. The average molecular weight is 368 g/mol. The highest BCUT2D eigenvalue weighted by Gasteiger charge is 2.44. The van der Waals surface area contributed by atoms with Gasteiger partial charge in [-0.05, 0) is 44.0 Å². The molecule has 0 aliphatic heterocycles. The number of likely N-dealkylation sites (N-methyl/N-ethyl adjacent to an activating group) is 1. The van der Waals surface area contributed by atoms with Crippen molar-refractivity contribution in [1.29, 1.82) is 5.26 Å². The molecule has 2 rings (SSSR count). The zero-order valence-corrected chi connectivity index (χ0v) is 15.6. The van der Waals surface area contributed by atoms with Crippen LogP contribution in [0.5, 0.6) is 0 Å². The van der Waals surface area contributed by atoms with Crippen LogP contribution < -0.4 is 5.32 Å². The summed E-state index contributed by atoms with van der Waals surface area (Å²) in [5.74, 6) is -2.78. The summed E-state index contributed by atoms with van der Waals surface area (Å²) < 4.78 is 5.63. The van der Waals surface area contributed by atoms with E-state index in [9.17, 15) is 9.90 Å². The Morgan fingerprint density at radius 2 is 2.20 bits per heavy atom. The van der Waals surface area contributed by atoms with Gasteiger partial charge in [0.25, 0.3) is 0 Å². The first-order valence-electron chi connectivity index (χ1n) is 8.80. The van der Waals surface area contributed by atoms with E-state index in [-0.39, 0.29) is 16.5 Å². The van der Waals surface area contributed by atoms with Crippen LogP contribution in [0.2, 0.25) is 0 Å². The lowest BCUT2D eigenvalue weighted by Crippen LogP contribution is -2.49. The van der Waals surface area contributed by atoms with Crippen LogP contribution in [0.15, 0.2) is 22.8 Å². The molecule has 0 radical (unpaired) electrons. The Balaban J connectivity index is 2.05. The van der Waals surface area contributed by atoms with Gasteiger partial charge in [-0.1, -0.05) is 25.4 Å². The maximum Gasteiger partial charge on any atom is 0.232 e. The van der Waals surface area contributed by atoms with E-state index < -0.39 is 11.7 Å². The number of aliphatic hydroxyl groups is 1. The minimum Gasteiger partial charge on any atom is -0.361 e. The molecule has 2 atom stereocenters. The molecule has 0 aromatic rings. The van der Waals surface area contributed by atoms with Crippen LogP contribution in [0.1, 0.15) is 26.7 Å². The van der Waals surface area contributed by atoms with Crippen molar-refractivity contribution < 1.29 is 14.6 Å². The lowest BCUT2D eigenvalue weighted by molar-refractivity contribution is -0.197. The van der Waals surface area contributed by atoms with E-state index in [0.29, 0.717) is 19.1 Å². The highest BCUT2D eigenvalue weighted by atomic mass is 35.5. The lowest BCUT2D eigenvalue weighted by Gasteiger charge is -2.34. The third-order valence-corrected chi connectivity index (χ3v) is 4.95. The van der Waals surface area contributed by atoms with E-state index in [0.717, 1.165) is 32.5 Å². The SMILES string of the molecule is CCN(CC)CCNC(=O)C1C=C(C#N)C(Cl)=CC1(O)OCC1CC1. The molecule has 7 heteroatoms. The predicted octanol–water partition coefficient (Wildman–Crippen LogP) is 1.76. The summed E-state index contributed by atoms with van der Waals surface area (Å²) in [6, 6.07) is 1.95. The van der Waals surface area contributed by atoms with Gasteiger partial charge in [0.2, 0.25) is 11.7 Å². The number of nitriles is 1. The van der Waals surface area contributed by atoms with Crippen molar-refractivity contribution in [1.82, 2.24) is 10.2 Å². The Labute approximate surface area is 154 Å². The molecule has 0 saturated heterocycles. The highest BCUT2D eigenvalue weighted by molar-refractivity contribution is 6.32. The number of halogens is 1. The van der Waals surface area contributed by atoms with Gasteiger partial charge in [0.15, 0.2) is 0 Å². The summed E-state index contributed by atoms with van der Waals surface area (Å²) in [6.07, 6.45) is 4.78. The maximum atomic E-state index is 12.6. The molecule has 2 aliphatic rings. The number of nitrogens with one attached hydrogen (secondary N) is 1. The smallest absolute Gasteiger partial charge is 0.232 e. The van der Waals surface area contributed by atoms with Crippen molar-refractivity contribution in [2.75, 3.05) is 32.8 Å². The zero-order valence-electron chi connectivity index (χ0n) is 14.8. The molecule has 0 spiro atoms. The van der Waals surface area contributed by atoms with Gasteiger partial charge in [0, 0.05) is 13.1 Å². The van der Waals surface area contributed by atoms with E-state index in [1.165, 1.54) is 12.2 Å². The van der Waals surface area contributed by atoms with Crippen LogP contribution in [0.4, 0.5) is 0 Å². The standard InChI is InChI=1S/C18H26ClN3O3/c1-3-22(4-2)8-7-21-17(23)15-9-14(11-20)16(19)10-18(15,24)25-12-13-5-6-13/h9-10,13,15,24H,3-8,12H2,1-2H3,(H,21,23). The summed E-state index contributed by atoms with van der Waals surface area (Å²) >= 11 is 6.04. The maximum absolute atomic E-state index is 12.6. The van der Waals surface area contributed by atoms with E-state index >= 15 is 0 Å². The third-order valence-electron chi connectivity index (χ3n) is 4.64. The quantitative estimate of drug-likeness (QED) is 0.606. The molecule has 2 unspecified atom stereocenters. The fourth-order valence-electron chi connectivity index (χ4n) is 2.72. The number of hydrogen-bond donors (Lipinski definition) is 2. The fraction of sp³-hybridized carbons (Fsp3) is 0.667. The molecule has 1 saturated carbocycles. The molecular weight excluding hydrogens is 342 g/mol. The second-order valence-electron chi connectivity index (χ2n) is 6.49. The number of allylic oxidation sites excluding steroid dienone is 2. The van der Waals surface area contributed by atoms with Crippen molar-refractivity contribution in [2.45, 2.75) is 32.5 Å². The molecule has 6 nitrogen and oxygen atoms in total. The van der Waals surface area contributed by atoms with Crippen molar-refractivity contribution in [2.24, 2.45) is 11.8 Å². The minimum absolute atomic E-state index is 0.105. The van der Waals surface area contributed by atoms with Gasteiger partial charge < -0.3 is 20.1 Å². The third kappa shape index (κ3) is 5.29. The number of rotatable bonds is 9.